The Kier molecular flexibility index (Phi) is 7.96. The normalized spacial score (nSPS) is 18.5. The Bertz CT molecular complexity index is 889. The van der Waals surface area contributed by atoms with Crippen LogP contribution < -0.4 is 0 Å². The van der Waals surface area contributed by atoms with Crippen molar-refractivity contribution < 1.29 is 4.39 Å². The largest absolute Gasteiger partial charge is 0.206 e. The van der Waals surface area contributed by atoms with Crippen LogP contribution in [0.4, 0.5) is 4.39 Å². The Morgan fingerprint density at radius 3 is 2.52 bits per heavy atom. The molecule has 0 aromatic rings. The summed E-state index contributed by atoms with van der Waals surface area (Å²) in [5.41, 5.74) is 6.24. The summed E-state index contributed by atoms with van der Waals surface area (Å²) in [6.45, 7) is 8.07. The lowest BCUT2D eigenvalue weighted by molar-refractivity contribution is 0.638. The summed E-state index contributed by atoms with van der Waals surface area (Å²) in [6, 6.07) is 0. The summed E-state index contributed by atoms with van der Waals surface area (Å²) < 4.78 is 14.5. The molecule has 140 valence electrons. The lowest BCUT2D eigenvalue weighted by atomic mass is 9.87. The van der Waals surface area contributed by atoms with Crippen molar-refractivity contribution in [2.45, 2.75) is 59.8 Å². The minimum absolute atomic E-state index is 0.203. The quantitative estimate of drug-likeness (QED) is 0.288. The zero-order chi connectivity index (χ0) is 19.8. The molecule has 0 aromatic heterocycles. The molecule has 0 N–H and O–H groups in total. The first-order chi connectivity index (χ1) is 12.9. The second kappa shape index (κ2) is 10.2. The van der Waals surface area contributed by atoms with Gasteiger partial charge in [-0.1, -0.05) is 36.5 Å². The SMILES string of the molecule is CC/C(SC#N)=C(C)\C=C(/C)C#CC1=C(F)C=C(C2=CC=C(C)CC2)CC1. The lowest BCUT2D eigenvalue weighted by Gasteiger charge is -2.18. The highest BCUT2D eigenvalue weighted by Gasteiger charge is 2.16. The molecule has 0 bridgehead atoms. The van der Waals surface area contributed by atoms with Gasteiger partial charge in [-0.3, -0.25) is 0 Å². The molecule has 0 saturated carbocycles. The second-order valence-corrected chi connectivity index (χ2v) is 7.81. The fourth-order valence-electron chi connectivity index (χ4n) is 3.18. The van der Waals surface area contributed by atoms with E-state index in [0.717, 1.165) is 47.3 Å². The van der Waals surface area contributed by atoms with Crippen LogP contribution in [0.2, 0.25) is 0 Å². The van der Waals surface area contributed by atoms with Gasteiger partial charge in [0.1, 0.15) is 11.2 Å². The van der Waals surface area contributed by atoms with Crippen molar-refractivity contribution in [2.75, 3.05) is 0 Å². The smallest absolute Gasteiger partial charge is 0.138 e. The van der Waals surface area contributed by atoms with Crippen molar-refractivity contribution in [1.29, 1.82) is 5.26 Å². The van der Waals surface area contributed by atoms with Crippen LogP contribution in [0.15, 0.2) is 68.5 Å². The third-order valence-corrected chi connectivity index (χ3v) is 5.73. The Balaban J connectivity index is 2.18. The molecule has 2 rings (SSSR count). The Labute approximate surface area is 167 Å². The first-order valence-corrected chi connectivity index (χ1v) is 10.2. The van der Waals surface area contributed by atoms with Crippen molar-refractivity contribution in [3.05, 3.63) is 68.5 Å². The minimum atomic E-state index is -0.203. The molecule has 0 heterocycles. The molecular weight excluding hydrogens is 353 g/mol. The van der Waals surface area contributed by atoms with Gasteiger partial charge in [-0.15, -0.1) is 0 Å². The molecule has 0 aromatic carbocycles. The fourth-order valence-corrected chi connectivity index (χ4v) is 3.65. The molecule has 0 saturated heterocycles. The topological polar surface area (TPSA) is 23.8 Å². The minimum Gasteiger partial charge on any atom is -0.206 e. The molecule has 0 spiro atoms. The number of nitrogens with zero attached hydrogens (tertiary/aromatic N) is 1. The van der Waals surface area contributed by atoms with E-state index in [1.165, 1.54) is 22.9 Å². The van der Waals surface area contributed by atoms with Gasteiger partial charge in [0.15, 0.2) is 0 Å². The van der Waals surface area contributed by atoms with Crippen molar-refractivity contribution >= 4 is 11.8 Å². The van der Waals surface area contributed by atoms with Gasteiger partial charge in [0.05, 0.1) is 0 Å². The van der Waals surface area contributed by atoms with Crippen molar-refractivity contribution in [3.8, 4) is 17.2 Å². The van der Waals surface area contributed by atoms with E-state index in [0.29, 0.717) is 12.0 Å². The Hall–Kier alpha value is -2.23. The number of thiocyanates is 1. The zero-order valence-electron chi connectivity index (χ0n) is 16.6. The van der Waals surface area contributed by atoms with E-state index >= 15 is 0 Å². The third-order valence-electron chi connectivity index (χ3n) is 4.78. The summed E-state index contributed by atoms with van der Waals surface area (Å²) in [6.07, 6.45) is 12.3. The van der Waals surface area contributed by atoms with E-state index < -0.39 is 0 Å². The molecule has 2 aliphatic carbocycles. The molecule has 0 amide bonds. The Morgan fingerprint density at radius 1 is 1.19 bits per heavy atom. The molecule has 27 heavy (non-hydrogen) atoms. The number of hydrogen-bond donors (Lipinski definition) is 0. The van der Waals surface area contributed by atoms with Crippen molar-refractivity contribution in [2.24, 2.45) is 0 Å². The Morgan fingerprint density at radius 2 is 1.93 bits per heavy atom. The molecule has 3 heteroatoms. The van der Waals surface area contributed by atoms with Crippen LogP contribution in [0.5, 0.6) is 0 Å². The summed E-state index contributed by atoms with van der Waals surface area (Å²) in [7, 11) is 0. The first kappa shape index (κ1) is 21.1. The fraction of sp³-hybridized carbons (Fsp3) is 0.375. The maximum Gasteiger partial charge on any atom is 0.138 e. The van der Waals surface area contributed by atoms with E-state index in [1.54, 1.807) is 6.08 Å². The predicted molar refractivity (Wildman–Crippen MR) is 114 cm³/mol. The van der Waals surface area contributed by atoms with Crippen LogP contribution in [0.3, 0.4) is 0 Å². The maximum absolute atomic E-state index is 14.5. The molecule has 0 unspecified atom stereocenters. The number of thioether (sulfide) groups is 1. The molecule has 2 aliphatic rings. The van der Waals surface area contributed by atoms with E-state index in [4.69, 9.17) is 5.26 Å². The van der Waals surface area contributed by atoms with E-state index in [1.807, 2.05) is 26.8 Å². The average molecular weight is 380 g/mol. The molecule has 0 radical (unpaired) electrons. The standard InChI is InChI=1S/C24H26FNS/c1-5-24(27-16-26)19(4)14-18(3)8-11-21-12-13-22(15-23(21)25)20-9-6-17(2)7-10-20/h6,9,14-15H,5,7,10,12-13H2,1-4H3/b18-14+,24-19+. The molecule has 0 fully saturated rings. The summed E-state index contributed by atoms with van der Waals surface area (Å²) >= 11 is 1.19. The van der Waals surface area contributed by atoms with Gasteiger partial charge in [0, 0.05) is 10.5 Å². The highest BCUT2D eigenvalue weighted by molar-refractivity contribution is 8.07. The van der Waals surface area contributed by atoms with Crippen molar-refractivity contribution in [1.82, 2.24) is 0 Å². The van der Waals surface area contributed by atoms with Crippen LogP contribution in [0, 0.1) is 22.5 Å². The first-order valence-electron chi connectivity index (χ1n) is 9.36. The zero-order valence-corrected chi connectivity index (χ0v) is 17.4. The summed E-state index contributed by atoms with van der Waals surface area (Å²) in [4.78, 5) is 1.04. The number of hydrogen-bond acceptors (Lipinski definition) is 2. The van der Waals surface area contributed by atoms with Gasteiger partial charge in [-0.25, -0.2) is 4.39 Å². The molecular formula is C24H26FNS. The van der Waals surface area contributed by atoms with Crippen molar-refractivity contribution in [3.63, 3.8) is 0 Å². The number of halogens is 1. The maximum atomic E-state index is 14.5. The van der Waals surface area contributed by atoms with E-state index in [9.17, 15) is 4.39 Å². The predicted octanol–water partition coefficient (Wildman–Crippen LogP) is 7.44. The van der Waals surface area contributed by atoms with Crippen LogP contribution in [-0.4, -0.2) is 0 Å². The van der Waals surface area contributed by atoms with E-state index in [-0.39, 0.29) is 5.83 Å². The van der Waals surface area contributed by atoms with Gasteiger partial charge in [-0.2, -0.15) is 5.26 Å². The van der Waals surface area contributed by atoms with E-state index in [2.05, 4.69) is 36.3 Å². The third kappa shape index (κ3) is 6.16. The van der Waals surface area contributed by atoms with Crippen LogP contribution >= 0.6 is 11.8 Å². The lowest BCUT2D eigenvalue weighted by Crippen LogP contribution is -2.01. The van der Waals surface area contributed by atoms with Gasteiger partial charge in [0.2, 0.25) is 0 Å². The number of rotatable bonds is 4. The number of nitriles is 1. The average Bonchev–Trinajstić information content (AvgIpc) is 2.65. The van der Waals surface area contributed by atoms with Gasteiger partial charge in [-0.05, 0) is 99.1 Å². The van der Waals surface area contributed by atoms with Crippen LogP contribution in [-0.2, 0) is 0 Å². The van der Waals surface area contributed by atoms with Gasteiger partial charge < -0.3 is 0 Å². The highest BCUT2D eigenvalue weighted by Crippen LogP contribution is 2.33. The van der Waals surface area contributed by atoms with Crippen LogP contribution in [0.25, 0.3) is 0 Å². The monoisotopic (exact) mass is 379 g/mol. The van der Waals surface area contributed by atoms with Gasteiger partial charge >= 0.3 is 0 Å². The second-order valence-electron chi connectivity index (χ2n) is 6.93. The number of allylic oxidation sites excluding steroid dienone is 12. The summed E-state index contributed by atoms with van der Waals surface area (Å²) in [5.74, 6) is 5.88. The molecule has 0 aliphatic heterocycles. The molecule has 1 nitrogen and oxygen atoms in total. The highest BCUT2D eigenvalue weighted by atomic mass is 32.2. The van der Waals surface area contributed by atoms with Gasteiger partial charge in [0.25, 0.3) is 0 Å². The molecule has 0 atom stereocenters. The summed E-state index contributed by atoms with van der Waals surface area (Å²) in [5, 5.41) is 11.0. The van der Waals surface area contributed by atoms with Crippen LogP contribution in [0.1, 0.15) is 59.8 Å².